The quantitative estimate of drug-likeness (QED) is 0.711. The molecule has 0 fully saturated rings. The molecular weight excluding hydrogens is 200 g/mol. The molecule has 0 saturated heterocycles. The van der Waals surface area contributed by atoms with Crippen LogP contribution in [0.4, 0.5) is 0 Å². The lowest BCUT2D eigenvalue weighted by molar-refractivity contribution is -0.0181. The van der Waals surface area contributed by atoms with Crippen LogP contribution in [0.3, 0.4) is 0 Å². The van der Waals surface area contributed by atoms with Gasteiger partial charge < -0.3 is 4.74 Å². The molecule has 0 saturated carbocycles. The Morgan fingerprint density at radius 2 is 2.00 bits per heavy atom. The Morgan fingerprint density at radius 1 is 1.36 bits per heavy atom. The molecule has 1 aromatic heterocycles. The number of aryl methyl sites for hydroxylation is 1. The van der Waals surface area contributed by atoms with Gasteiger partial charge in [-0.2, -0.15) is 0 Å². The highest BCUT2D eigenvalue weighted by Gasteiger charge is 2.11. The van der Waals surface area contributed by atoms with E-state index in [0.29, 0.717) is 17.6 Å². The predicted octanol–water partition coefficient (Wildman–Crippen LogP) is 2.75. The summed E-state index contributed by atoms with van der Waals surface area (Å²) >= 11 is 5.79. The van der Waals surface area contributed by atoms with Crippen molar-refractivity contribution in [2.24, 2.45) is 0 Å². The number of halogens is 1. The summed E-state index contributed by atoms with van der Waals surface area (Å²) in [7, 11) is 0. The second kappa shape index (κ2) is 4.24. The summed E-state index contributed by atoms with van der Waals surface area (Å²) in [5, 5.41) is 0.463. The highest BCUT2D eigenvalue weighted by molar-refractivity contribution is 6.29. The second-order valence-electron chi connectivity index (χ2n) is 4.15. The molecule has 78 valence electrons. The average Bonchev–Trinajstić information content (AvgIpc) is 1.97. The molecule has 3 nitrogen and oxygen atoms in total. The van der Waals surface area contributed by atoms with E-state index >= 15 is 0 Å². The Morgan fingerprint density at radius 3 is 2.50 bits per heavy atom. The SMILES string of the molecule is Cc1cc(Cl)nc(COC(C)(C)C)n1. The molecule has 1 rings (SSSR count). The molecule has 0 unspecified atom stereocenters. The summed E-state index contributed by atoms with van der Waals surface area (Å²) < 4.78 is 5.54. The maximum Gasteiger partial charge on any atom is 0.155 e. The molecule has 0 amide bonds. The lowest BCUT2D eigenvalue weighted by atomic mass is 10.2. The van der Waals surface area contributed by atoms with Gasteiger partial charge in [0.1, 0.15) is 11.8 Å². The van der Waals surface area contributed by atoms with Crippen molar-refractivity contribution in [2.75, 3.05) is 0 Å². The Balaban J connectivity index is 2.68. The van der Waals surface area contributed by atoms with Crippen LogP contribution in [0.25, 0.3) is 0 Å². The minimum atomic E-state index is -0.181. The van der Waals surface area contributed by atoms with E-state index < -0.39 is 0 Å². The van der Waals surface area contributed by atoms with Crippen molar-refractivity contribution < 1.29 is 4.74 Å². The fourth-order valence-corrected chi connectivity index (χ4v) is 1.19. The number of ether oxygens (including phenoxy) is 1. The van der Waals surface area contributed by atoms with Crippen molar-refractivity contribution in [1.82, 2.24) is 9.97 Å². The van der Waals surface area contributed by atoms with Crippen LogP contribution < -0.4 is 0 Å². The van der Waals surface area contributed by atoms with E-state index in [1.165, 1.54) is 0 Å². The number of rotatable bonds is 2. The smallest absolute Gasteiger partial charge is 0.155 e. The Bertz CT molecular complexity index is 300. The fourth-order valence-electron chi connectivity index (χ4n) is 0.934. The molecule has 0 aliphatic carbocycles. The van der Waals surface area contributed by atoms with Crippen LogP contribution in [-0.4, -0.2) is 15.6 Å². The van der Waals surface area contributed by atoms with E-state index in [4.69, 9.17) is 16.3 Å². The molecule has 0 aromatic carbocycles. The van der Waals surface area contributed by atoms with Gasteiger partial charge in [-0.3, -0.25) is 0 Å². The zero-order valence-corrected chi connectivity index (χ0v) is 9.72. The third-order valence-electron chi connectivity index (χ3n) is 1.50. The lowest BCUT2D eigenvalue weighted by Gasteiger charge is -2.18. The van der Waals surface area contributed by atoms with Crippen LogP contribution in [0.1, 0.15) is 32.3 Å². The first kappa shape index (κ1) is 11.4. The van der Waals surface area contributed by atoms with E-state index in [2.05, 4.69) is 9.97 Å². The summed E-state index contributed by atoms with van der Waals surface area (Å²) in [5.74, 6) is 0.630. The minimum absolute atomic E-state index is 0.181. The highest BCUT2D eigenvalue weighted by Crippen LogP contribution is 2.11. The van der Waals surface area contributed by atoms with Gasteiger partial charge in [-0.1, -0.05) is 11.6 Å². The van der Waals surface area contributed by atoms with Crippen molar-refractivity contribution in [2.45, 2.75) is 39.9 Å². The number of aromatic nitrogens is 2. The van der Waals surface area contributed by atoms with Crippen LogP contribution in [0.2, 0.25) is 5.15 Å². The molecular formula is C10H15ClN2O. The van der Waals surface area contributed by atoms with Crippen molar-refractivity contribution in [3.63, 3.8) is 0 Å². The molecule has 0 bridgehead atoms. The summed E-state index contributed by atoms with van der Waals surface area (Å²) in [6.07, 6.45) is 0. The number of hydrogen-bond donors (Lipinski definition) is 0. The first-order chi connectivity index (χ1) is 6.37. The van der Waals surface area contributed by atoms with Gasteiger partial charge in [0.2, 0.25) is 0 Å². The Labute approximate surface area is 89.5 Å². The van der Waals surface area contributed by atoms with Gasteiger partial charge in [-0.15, -0.1) is 0 Å². The van der Waals surface area contributed by atoms with Crippen LogP contribution in [-0.2, 0) is 11.3 Å². The first-order valence-electron chi connectivity index (χ1n) is 4.51. The summed E-state index contributed by atoms with van der Waals surface area (Å²) in [6, 6.07) is 1.72. The fraction of sp³-hybridized carbons (Fsp3) is 0.600. The van der Waals surface area contributed by atoms with E-state index in [-0.39, 0.29) is 5.60 Å². The molecule has 0 radical (unpaired) electrons. The molecule has 0 spiro atoms. The monoisotopic (exact) mass is 214 g/mol. The summed E-state index contributed by atoms with van der Waals surface area (Å²) in [4.78, 5) is 8.28. The van der Waals surface area contributed by atoms with Crippen LogP contribution in [0.15, 0.2) is 6.07 Å². The molecule has 0 N–H and O–H groups in total. The average molecular weight is 215 g/mol. The van der Waals surface area contributed by atoms with E-state index in [0.717, 1.165) is 5.69 Å². The van der Waals surface area contributed by atoms with Crippen molar-refractivity contribution in [1.29, 1.82) is 0 Å². The molecule has 0 aliphatic heterocycles. The highest BCUT2D eigenvalue weighted by atomic mass is 35.5. The topological polar surface area (TPSA) is 35.0 Å². The number of hydrogen-bond acceptors (Lipinski definition) is 3. The Hall–Kier alpha value is -0.670. The number of nitrogens with zero attached hydrogens (tertiary/aromatic N) is 2. The van der Waals surface area contributed by atoms with Gasteiger partial charge in [0, 0.05) is 5.69 Å². The third-order valence-corrected chi connectivity index (χ3v) is 1.70. The molecule has 1 aromatic rings. The molecule has 4 heteroatoms. The van der Waals surface area contributed by atoms with Gasteiger partial charge in [0.15, 0.2) is 5.82 Å². The molecule has 14 heavy (non-hydrogen) atoms. The Kier molecular flexibility index (Phi) is 3.45. The summed E-state index contributed by atoms with van der Waals surface area (Å²) in [6.45, 7) is 8.25. The zero-order chi connectivity index (χ0) is 10.8. The minimum Gasteiger partial charge on any atom is -0.368 e. The zero-order valence-electron chi connectivity index (χ0n) is 8.97. The van der Waals surface area contributed by atoms with E-state index in [9.17, 15) is 0 Å². The van der Waals surface area contributed by atoms with Gasteiger partial charge in [-0.05, 0) is 33.8 Å². The maximum atomic E-state index is 5.79. The van der Waals surface area contributed by atoms with Gasteiger partial charge in [-0.25, -0.2) is 9.97 Å². The van der Waals surface area contributed by atoms with E-state index in [1.807, 2.05) is 27.7 Å². The second-order valence-corrected chi connectivity index (χ2v) is 4.54. The van der Waals surface area contributed by atoms with Gasteiger partial charge in [0.25, 0.3) is 0 Å². The molecule has 0 aliphatic rings. The first-order valence-corrected chi connectivity index (χ1v) is 4.89. The van der Waals surface area contributed by atoms with Crippen LogP contribution in [0, 0.1) is 6.92 Å². The van der Waals surface area contributed by atoms with Gasteiger partial charge in [0.05, 0.1) is 5.60 Å². The third kappa shape index (κ3) is 4.03. The largest absolute Gasteiger partial charge is 0.368 e. The van der Waals surface area contributed by atoms with Crippen LogP contribution >= 0.6 is 11.6 Å². The standard InChI is InChI=1S/C10H15ClN2O/c1-7-5-8(11)13-9(12-7)6-14-10(2,3)4/h5H,6H2,1-4H3. The van der Waals surface area contributed by atoms with Crippen molar-refractivity contribution in [3.8, 4) is 0 Å². The lowest BCUT2D eigenvalue weighted by Crippen LogP contribution is -2.19. The molecule has 0 atom stereocenters. The van der Waals surface area contributed by atoms with Crippen molar-refractivity contribution >= 4 is 11.6 Å². The van der Waals surface area contributed by atoms with E-state index in [1.54, 1.807) is 6.07 Å². The maximum absolute atomic E-state index is 5.79. The molecule has 1 heterocycles. The van der Waals surface area contributed by atoms with Gasteiger partial charge >= 0.3 is 0 Å². The predicted molar refractivity (Wildman–Crippen MR) is 56.3 cm³/mol. The summed E-state index contributed by atoms with van der Waals surface area (Å²) in [5.41, 5.74) is 0.678. The van der Waals surface area contributed by atoms with Crippen molar-refractivity contribution in [3.05, 3.63) is 22.7 Å². The van der Waals surface area contributed by atoms with Crippen LogP contribution in [0.5, 0.6) is 0 Å². The normalized spacial score (nSPS) is 11.8.